The maximum atomic E-state index is 13.2. The van der Waals surface area contributed by atoms with Crippen LogP contribution in [0.5, 0.6) is 57.5 Å². The summed E-state index contributed by atoms with van der Waals surface area (Å²) in [5.74, 6) is 2.76. The Labute approximate surface area is 700 Å². The zero-order valence-corrected chi connectivity index (χ0v) is 68.0. The third kappa shape index (κ3) is 28.3. The molecule has 0 amide bonds. The standard InChI is InChI=1S/2C19H16FN3O2.3C18H16N4O2/c1-12-3-4-15(22-9-12)7-19(24)18-8-16(5-13(2)23-18)25-17-6-14(20)10-21-11-17;1-12-4-3-5-15(22-12)8-19(24)18-9-16(6-13(2)23-18)25-17-7-14(20)10-21-11-17;2*1-12-3-4-14(21-8-12)6-18(23)17-7-15(5-13(2)22-17)24-16-9-19-11-20-10-16;1-12-4-3-5-14(21-12)7-18(23)17-8-15(6-13(2)22-17)24-16-9-19-11-20-10-16/h3-6,8-11H,7H2,1-2H3;3-7,9-11H,8H2,1-2H3;2*3-5,7-11H,6H2,1-2H3;3-6,8-11H,7H2,1-2H3. The molecule has 0 aliphatic rings. The Kier molecular flexibility index (Phi) is 30.6. The van der Waals surface area contributed by atoms with Crippen molar-refractivity contribution >= 4 is 28.9 Å². The SMILES string of the molecule is Cc1ccc(CC(=O)c2cc(Oc3cncc(F)c3)cc(C)n2)nc1.Cc1ccc(CC(=O)c2cc(Oc3cncnc3)cc(C)n2)nc1.Cc1ccc(CC(=O)c2cc(Oc3cncnc3)cc(C)n2)nc1.Cc1cccc(CC(=O)c2cc(Oc3cncc(F)c3)cc(C)n2)n1.Cc1cccc(CC(=O)c2cc(Oc3cncnc3)cc(C)n2)n1. The van der Waals surface area contributed by atoms with Crippen LogP contribution in [0.1, 0.15) is 137 Å². The Morgan fingerprint density at radius 3 is 0.721 bits per heavy atom. The lowest BCUT2D eigenvalue weighted by Gasteiger charge is -2.08. The zero-order valence-electron chi connectivity index (χ0n) is 68.0. The summed E-state index contributed by atoms with van der Waals surface area (Å²) in [4.78, 5) is 136. The van der Waals surface area contributed by atoms with E-state index in [1.807, 2.05) is 122 Å². The van der Waals surface area contributed by atoms with Crippen LogP contribution >= 0.6 is 0 Å². The fourth-order valence-corrected chi connectivity index (χ4v) is 11.3. The van der Waals surface area contributed by atoms with Crippen molar-refractivity contribution in [2.24, 2.45) is 0 Å². The lowest BCUT2D eigenvalue weighted by Crippen LogP contribution is -2.08. The molecule has 0 unspecified atom stereocenters. The van der Waals surface area contributed by atoms with Gasteiger partial charge in [0.25, 0.3) is 0 Å². The summed E-state index contributed by atoms with van der Waals surface area (Å²) >= 11 is 0. The second-order valence-corrected chi connectivity index (χ2v) is 27.6. The summed E-state index contributed by atoms with van der Waals surface area (Å²) < 4.78 is 54.7. The number of rotatable bonds is 25. The number of Topliss-reactive ketones (excluding diaryl/α,β-unsaturated/α-hetero) is 5. The smallest absolute Gasteiger partial charge is 0.187 e. The third-order valence-corrected chi connectivity index (χ3v) is 16.7. The number of ether oxygens (including phenoxy) is 5. The molecule has 15 heterocycles. The van der Waals surface area contributed by atoms with Gasteiger partial charge < -0.3 is 23.7 Å². The van der Waals surface area contributed by atoms with Crippen LogP contribution in [0.3, 0.4) is 0 Å². The molecule has 0 bridgehead atoms. The number of hydrogen-bond donors (Lipinski definition) is 0. The molecule has 122 heavy (non-hydrogen) atoms. The third-order valence-electron chi connectivity index (χ3n) is 16.7. The van der Waals surface area contributed by atoms with E-state index in [0.717, 1.165) is 46.2 Å². The number of halogens is 2. The number of aryl methyl sites for hydroxylation is 10. The molecule has 0 saturated carbocycles. The largest absolute Gasteiger partial charge is 0.455 e. The Balaban J connectivity index is 0.000000149. The van der Waals surface area contributed by atoms with E-state index in [9.17, 15) is 32.8 Å². The average Bonchev–Trinajstić information content (AvgIpc) is 1.08. The Morgan fingerprint density at radius 1 is 0.238 bits per heavy atom. The topological polar surface area (TPSA) is 364 Å². The molecule has 28 nitrogen and oxygen atoms in total. The van der Waals surface area contributed by atoms with E-state index in [4.69, 9.17) is 23.7 Å². The lowest BCUT2D eigenvalue weighted by atomic mass is 10.1. The Bertz CT molecular complexity index is 5990. The molecule has 0 aliphatic carbocycles. The first kappa shape index (κ1) is 87.1. The molecule has 0 atom stereocenters. The van der Waals surface area contributed by atoms with E-state index in [2.05, 4.69) is 89.7 Å². The highest BCUT2D eigenvalue weighted by Crippen LogP contribution is 2.29. The first-order valence-corrected chi connectivity index (χ1v) is 37.8. The van der Waals surface area contributed by atoms with Crippen molar-refractivity contribution in [3.63, 3.8) is 0 Å². The molecule has 15 aromatic heterocycles. The molecule has 0 aromatic carbocycles. The Hall–Kier alpha value is -15.8. The van der Waals surface area contributed by atoms with Crippen molar-refractivity contribution in [3.05, 3.63) is 370 Å². The summed E-state index contributed by atoms with van der Waals surface area (Å²) in [5, 5.41) is 0. The van der Waals surface area contributed by atoms with Crippen LogP contribution < -0.4 is 23.7 Å². The fourth-order valence-electron chi connectivity index (χ4n) is 11.3. The van der Waals surface area contributed by atoms with Crippen LogP contribution in [0, 0.1) is 80.9 Å². The minimum absolute atomic E-state index is 0.106. The number of carbonyl (C=O) groups is 5. The van der Waals surface area contributed by atoms with Gasteiger partial charge in [-0.1, -0.05) is 30.3 Å². The van der Waals surface area contributed by atoms with Gasteiger partial charge in [-0.25, -0.2) is 63.6 Å². The van der Waals surface area contributed by atoms with Crippen molar-refractivity contribution in [3.8, 4) is 57.5 Å². The summed E-state index contributed by atoms with van der Waals surface area (Å²) in [6.45, 7) is 18.6. The molecule has 612 valence electrons. The number of aromatic nitrogens is 18. The van der Waals surface area contributed by atoms with Crippen LogP contribution in [-0.2, 0) is 32.1 Å². The van der Waals surface area contributed by atoms with Crippen LogP contribution in [0.25, 0.3) is 0 Å². The average molecular weight is 1640 g/mol. The van der Waals surface area contributed by atoms with E-state index in [0.29, 0.717) is 114 Å². The van der Waals surface area contributed by atoms with Crippen molar-refractivity contribution in [2.75, 3.05) is 0 Å². The molecular formula is C92H80F2N18O10. The van der Waals surface area contributed by atoms with Gasteiger partial charge >= 0.3 is 0 Å². The molecule has 0 fully saturated rings. The Morgan fingerprint density at radius 2 is 0.484 bits per heavy atom. The highest BCUT2D eigenvalue weighted by Gasteiger charge is 2.19. The zero-order chi connectivity index (χ0) is 86.4. The number of ketones is 5. The number of carbonyl (C=O) groups excluding carboxylic acids is 5. The molecule has 0 N–H and O–H groups in total. The van der Waals surface area contributed by atoms with E-state index in [1.54, 1.807) is 124 Å². The van der Waals surface area contributed by atoms with Crippen LogP contribution in [-0.4, -0.2) is 119 Å². The van der Waals surface area contributed by atoms with Crippen LogP contribution in [0.15, 0.2) is 245 Å². The summed E-state index contributed by atoms with van der Waals surface area (Å²) in [5.41, 5.74) is 13.4. The van der Waals surface area contributed by atoms with Gasteiger partial charge in [0.15, 0.2) is 46.2 Å². The summed E-state index contributed by atoms with van der Waals surface area (Å²) in [6, 6.07) is 41.4. The van der Waals surface area contributed by atoms with Gasteiger partial charge in [-0.3, -0.25) is 58.9 Å². The molecule has 30 heteroatoms. The monoisotopic (exact) mass is 1630 g/mol. The molecule has 0 radical (unpaired) electrons. The van der Waals surface area contributed by atoms with Gasteiger partial charge in [0.1, 0.15) is 99.3 Å². The molecule has 0 saturated heterocycles. The molecular weight excluding hydrogens is 1560 g/mol. The maximum absolute atomic E-state index is 13.2. The van der Waals surface area contributed by atoms with Crippen molar-refractivity contribution in [2.45, 2.75) is 101 Å². The summed E-state index contributed by atoms with van der Waals surface area (Å²) in [6.07, 6.45) is 24.7. The molecule has 15 aromatic rings. The van der Waals surface area contributed by atoms with Gasteiger partial charge in [-0.15, -0.1) is 0 Å². The van der Waals surface area contributed by atoms with E-state index in [-0.39, 0.29) is 83.9 Å². The highest BCUT2D eigenvalue weighted by molar-refractivity contribution is 5.98. The predicted octanol–water partition coefficient (Wildman–Crippen LogP) is 17.0. The van der Waals surface area contributed by atoms with Gasteiger partial charge in [-0.2, -0.15) is 0 Å². The quantitative estimate of drug-likeness (QED) is 0.0480. The van der Waals surface area contributed by atoms with E-state index in [1.165, 1.54) is 55.6 Å². The minimum atomic E-state index is -0.495. The minimum Gasteiger partial charge on any atom is -0.455 e. The normalized spacial score (nSPS) is 10.5. The van der Waals surface area contributed by atoms with Crippen molar-refractivity contribution in [1.29, 1.82) is 0 Å². The first-order chi connectivity index (χ1) is 58.8. The molecule has 15 rings (SSSR count). The van der Waals surface area contributed by atoms with E-state index >= 15 is 0 Å². The lowest BCUT2D eigenvalue weighted by molar-refractivity contribution is 0.0978. The number of pyridine rings is 12. The number of nitrogens with zero attached hydrogens (tertiary/aromatic N) is 18. The fraction of sp³-hybridized carbons (Fsp3) is 0.163. The van der Waals surface area contributed by atoms with Gasteiger partial charge in [0.05, 0.1) is 94.1 Å². The van der Waals surface area contributed by atoms with Gasteiger partial charge in [-0.05, 0) is 128 Å². The molecule has 0 spiro atoms. The van der Waals surface area contributed by atoms with Crippen molar-refractivity contribution in [1.82, 2.24) is 89.7 Å². The highest BCUT2D eigenvalue weighted by atomic mass is 19.1. The van der Waals surface area contributed by atoms with Crippen LogP contribution in [0.4, 0.5) is 8.78 Å². The van der Waals surface area contributed by atoms with Gasteiger partial charge in [0.2, 0.25) is 0 Å². The van der Waals surface area contributed by atoms with Crippen LogP contribution in [0.2, 0.25) is 0 Å². The predicted molar refractivity (Wildman–Crippen MR) is 445 cm³/mol. The van der Waals surface area contributed by atoms with Crippen molar-refractivity contribution < 1.29 is 56.4 Å². The second-order valence-electron chi connectivity index (χ2n) is 27.6. The maximum Gasteiger partial charge on any atom is 0.187 e. The summed E-state index contributed by atoms with van der Waals surface area (Å²) in [7, 11) is 0. The second kappa shape index (κ2) is 42.9. The number of hydrogen-bond acceptors (Lipinski definition) is 28. The molecule has 0 aliphatic heterocycles. The van der Waals surface area contributed by atoms with Gasteiger partial charge in [0, 0.05) is 160 Å². The van der Waals surface area contributed by atoms with E-state index < -0.39 is 11.6 Å². The first-order valence-electron chi connectivity index (χ1n) is 37.8.